The summed E-state index contributed by atoms with van der Waals surface area (Å²) in [7, 11) is 3.27. The number of aliphatic hydroxyl groups excluding tert-OH is 1. The van der Waals surface area contributed by atoms with Gasteiger partial charge in [-0.15, -0.1) is 0 Å². The van der Waals surface area contributed by atoms with Gasteiger partial charge in [-0.3, -0.25) is 4.90 Å². The van der Waals surface area contributed by atoms with Crippen LogP contribution in [0.1, 0.15) is 0 Å². The highest BCUT2D eigenvalue weighted by Crippen LogP contribution is 1.96. The summed E-state index contributed by atoms with van der Waals surface area (Å²) in [6, 6.07) is 0. The van der Waals surface area contributed by atoms with Crippen molar-refractivity contribution < 1.29 is 13.9 Å². The van der Waals surface area contributed by atoms with Gasteiger partial charge in [0.25, 0.3) is 6.43 Å². The fraction of sp³-hybridized carbons (Fsp3) is 1.00. The lowest BCUT2D eigenvalue weighted by Crippen LogP contribution is -2.37. The fourth-order valence-corrected chi connectivity index (χ4v) is 0.970. The molecular weight excluding hydrogens is 166 g/mol. The molecule has 0 aromatic rings. The maximum Gasteiger partial charge on any atom is 0.251 e. The highest BCUT2D eigenvalue weighted by atomic mass is 19.3. The summed E-state index contributed by atoms with van der Waals surface area (Å²) in [6.07, 6.45) is -2.92. The van der Waals surface area contributed by atoms with Gasteiger partial charge < -0.3 is 10.4 Å². The quantitative estimate of drug-likeness (QED) is 0.595. The van der Waals surface area contributed by atoms with Gasteiger partial charge in [-0.2, -0.15) is 0 Å². The highest BCUT2D eigenvalue weighted by Gasteiger charge is 2.11. The SMILES string of the molecule is CNCC(O)CN(C)CC(F)F. The lowest BCUT2D eigenvalue weighted by atomic mass is 10.3. The number of aliphatic hydroxyl groups is 1. The van der Waals surface area contributed by atoms with Crippen LogP contribution in [0, 0.1) is 0 Å². The van der Waals surface area contributed by atoms with Crippen LogP contribution in [0.2, 0.25) is 0 Å². The molecule has 1 atom stereocenters. The van der Waals surface area contributed by atoms with E-state index in [2.05, 4.69) is 5.32 Å². The first-order valence-electron chi connectivity index (χ1n) is 3.85. The lowest BCUT2D eigenvalue weighted by molar-refractivity contribution is 0.0687. The maximum absolute atomic E-state index is 11.8. The Morgan fingerprint density at radius 2 is 2.00 bits per heavy atom. The first-order valence-corrected chi connectivity index (χ1v) is 3.85. The van der Waals surface area contributed by atoms with Crippen LogP contribution >= 0.6 is 0 Å². The molecule has 0 radical (unpaired) electrons. The average molecular weight is 182 g/mol. The van der Waals surface area contributed by atoms with Crippen LogP contribution in [0.3, 0.4) is 0 Å². The van der Waals surface area contributed by atoms with E-state index in [9.17, 15) is 13.9 Å². The van der Waals surface area contributed by atoms with Crippen LogP contribution in [0.5, 0.6) is 0 Å². The molecule has 0 bridgehead atoms. The summed E-state index contributed by atoms with van der Waals surface area (Å²) in [6.45, 7) is 0.402. The second-order valence-electron chi connectivity index (χ2n) is 2.82. The van der Waals surface area contributed by atoms with Crippen molar-refractivity contribution in [1.82, 2.24) is 10.2 Å². The van der Waals surface area contributed by atoms with E-state index in [1.54, 1.807) is 14.1 Å². The molecule has 0 saturated carbocycles. The molecule has 0 heterocycles. The summed E-state index contributed by atoms with van der Waals surface area (Å²) in [5.41, 5.74) is 0. The molecule has 0 rings (SSSR count). The third kappa shape index (κ3) is 6.45. The molecule has 0 spiro atoms. The Morgan fingerprint density at radius 3 is 2.42 bits per heavy atom. The summed E-state index contributed by atoms with van der Waals surface area (Å²) in [4.78, 5) is 1.41. The number of nitrogens with one attached hydrogen (secondary N) is 1. The van der Waals surface area contributed by atoms with Crippen molar-refractivity contribution in [2.24, 2.45) is 0 Å². The molecule has 3 nitrogen and oxygen atoms in total. The van der Waals surface area contributed by atoms with Crippen molar-refractivity contribution in [1.29, 1.82) is 0 Å². The minimum Gasteiger partial charge on any atom is -0.390 e. The predicted molar refractivity (Wildman–Crippen MR) is 43.4 cm³/mol. The summed E-state index contributed by atoms with van der Waals surface area (Å²) in [5, 5.41) is 11.9. The third-order valence-electron chi connectivity index (χ3n) is 1.41. The number of halogens is 2. The zero-order valence-electron chi connectivity index (χ0n) is 7.43. The van der Waals surface area contributed by atoms with E-state index in [4.69, 9.17) is 0 Å². The molecule has 0 aromatic carbocycles. The van der Waals surface area contributed by atoms with Gasteiger partial charge in [0.2, 0.25) is 0 Å². The van der Waals surface area contributed by atoms with Crippen molar-refractivity contribution in [2.45, 2.75) is 12.5 Å². The Labute approximate surface area is 71.4 Å². The number of likely N-dealkylation sites (N-methyl/N-ethyl adjacent to an activating group) is 2. The molecular formula is C7H16F2N2O. The molecule has 1 unspecified atom stereocenters. The highest BCUT2D eigenvalue weighted by molar-refractivity contribution is 4.63. The van der Waals surface area contributed by atoms with Crippen LogP contribution in [0.15, 0.2) is 0 Å². The van der Waals surface area contributed by atoms with Gasteiger partial charge in [-0.1, -0.05) is 0 Å². The summed E-state index contributed by atoms with van der Waals surface area (Å²) in [5.74, 6) is 0. The van der Waals surface area contributed by atoms with E-state index in [1.165, 1.54) is 4.90 Å². The molecule has 0 saturated heterocycles. The third-order valence-corrected chi connectivity index (χ3v) is 1.41. The molecule has 0 fully saturated rings. The van der Waals surface area contributed by atoms with Gasteiger partial charge in [-0.25, -0.2) is 8.78 Å². The normalized spacial score (nSPS) is 14.2. The molecule has 0 aliphatic carbocycles. The number of hydrogen-bond acceptors (Lipinski definition) is 3. The Kier molecular flexibility index (Phi) is 6.14. The summed E-state index contributed by atoms with van der Waals surface area (Å²) >= 11 is 0. The monoisotopic (exact) mass is 182 g/mol. The van der Waals surface area contributed by atoms with Gasteiger partial charge in [0, 0.05) is 13.1 Å². The molecule has 74 valence electrons. The maximum atomic E-state index is 11.8. The number of alkyl halides is 2. The van der Waals surface area contributed by atoms with Crippen LogP contribution in [-0.4, -0.2) is 56.3 Å². The zero-order valence-corrected chi connectivity index (χ0v) is 7.43. The van der Waals surface area contributed by atoms with E-state index >= 15 is 0 Å². The van der Waals surface area contributed by atoms with Crippen LogP contribution in [-0.2, 0) is 0 Å². The minimum absolute atomic E-state index is 0.269. The van der Waals surface area contributed by atoms with Crippen LogP contribution in [0.4, 0.5) is 8.78 Å². The van der Waals surface area contributed by atoms with Crippen molar-refractivity contribution in [3.05, 3.63) is 0 Å². The first kappa shape index (κ1) is 11.7. The lowest BCUT2D eigenvalue weighted by Gasteiger charge is -2.19. The number of nitrogens with zero attached hydrogens (tertiary/aromatic N) is 1. The molecule has 0 amide bonds. The van der Waals surface area contributed by atoms with Gasteiger partial charge in [-0.05, 0) is 14.1 Å². The standard InChI is InChI=1S/C7H16F2N2O/c1-10-3-6(12)4-11(2)5-7(8)9/h6-7,10,12H,3-5H2,1-2H3. The van der Waals surface area contributed by atoms with Gasteiger partial charge in [0.1, 0.15) is 0 Å². The van der Waals surface area contributed by atoms with Crippen molar-refractivity contribution in [3.63, 3.8) is 0 Å². The average Bonchev–Trinajstić information content (AvgIpc) is 1.84. The zero-order chi connectivity index (χ0) is 9.56. The fourth-order valence-electron chi connectivity index (χ4n) is 0.970. The van der Waals surface area contributed by atoms with E-state index in [0.717, 1.165) is 0 Å². The van der Waals surface area contributed by atoms with E-state index in [1.807, 2.05) is 0 Å². The Morgan fingerprint density at radius 1 is 1.42 bits per heavy atom. The van der Waals surface area contributed by atoms with E-state index < -0.39 is 12.5 Å². The van der Waals surface area contributed by atoms with Crippen molar-refractivity contribution in [2.75, 3.05) is 33.7 Å². The Balaban J connectivity index is 3.46. The molecule has 0 aliphatic rings. The van der Waals surface area contributed by atoms with Crippen LogP contribution < -0.4 is 5.32 Å². The number of hydrogen-bond donors (Lipinski definition) is 2. The van der Waals surface area contributed by atoms with Gasteiger partial charge >= 0.3 is 0 Å². The topological polar surface area (TPSA) is 35.5 Å². The Hall–Kier alpha value is -0.260. The number of rotatable bonds is 6. The van der Waals surface area contributed by atoms with Gasteiger partial charge in [0.15, 0.2) is 0 Å². The molecule has 12 heavy (non-hydrogen) atoms. The minimum atomic E-state index is -2.34. The van der Waals surface area contributed by atoms with Crippen molar-refractivity contribution in [3.8, 4) is 0 Å². The van der Waals surface area contributed by atoms with Gasteiger partial charge in [0.05, 0.1) is 12.6 Å². The molecule has 2 N–H and O–H groups in total. The smallest absolute Gasteiger partial charge is 0.251 e. The largest absolute Gasteiger partial charge is 0.390 e. The van der Waals surface area contributed by atoms with E-state index in [0.29, 0.717) is 6.54 Å². The molecule has 0 aliphatic heterocycles. The van der Waals surface area contributed by atoms with Crippen molar-refractivity contribution >= 4 is 0 Å². The molecule has 5 heteroatoms. The second-order valence-corrected chi connectivity index (χ2v) is 2.82. The second kappa shape index (κ2) is 6.28. The Bertz CT molecular complexity index is 114. The molecule has 0 aromatic heterocycles. The van der Waals surface area contributed by atoms with Crippen LogP contribution in [0.25, 0.3) is 0 Å². The summed E-state index contributed by atoms with van der Waals surface area (Å²) < 4.78 is 23.6. The first-order chi connectivity index (χ1) is 5.56. The van der Waals surface area contributed by atoms with E-state index in [-0.39, 0.29) is 13.1 Å². The predicted octanol–water partition coefficient (Wildman–Crippen LogP) is -0.236.